The van der Waals surface area contributed by atoms with Crippen molar-refractivity contribution in [3.8, 4) is 0 Å². The first kappa shape index (κ1) is 15.7. The van der Waals surface area contributed by atoms with Gasteiger partial charge in [0.05, 0.1) is 12.2 Å². The molecule has 4 N–H and O–H groups in total. The first-order valence-corrected chi connectivity index (χ1v) is 6.40. The van der Waals surface area contributed by atoms with Gasteiger partial charge in [-0.3, -0.25) is 5.84 Å². The lowest BCUT2D eigenvalue weighted by molar-refractivity contribution is -0.122. The molecule has 108 valence electrons. The number of para-hydroxylation sites is 1. The van der Waals surface area contributed by atoms with Crippen LogP contribution in [0.3, 0.4) is 0 Å². The molecule has 5 nitrogen and oxygen atoms in total. The number of halogens is 4. The molecule has 0 heterocycles. The molecule has 0 saturated heterocycles. The zero-order valence-electron chi connectivity index (χ0n) is 9.41. The van der Waals surface area contributed by atoms with Crippen LogP contribution in [0.25, 0.3) is 0 Å². The summed E-state index contributed by atoms with van der Waals surface area (Å²) in [4.78, 5) is -0.414. The Balaban J connectivity index is 2.94. The van der Waals surface area contributed by atoms with Crippen LogP contribution in [0.5, 0.6) is 0 Å². The van der Waals surface area contributed by atoms with Gasteiger partial charge in [0.2, 0.25) is 10.0 Å². The summed E-state index contributed by atoms with van der Waals surface area (Å²) in [5.41, 5.74) is 2.02. The standard InChI is InChI=1S/C9H11F4N3O2S/c10-8(11)9(12,13)5-15-19(17,18)7-4-2-1-3-6(7)16-14/h1-4,8,15-16H,5,14H2. The largest absolute Gasteiger partial charge is 0.323 e. The number of hydrogen-bond acceptors (Lipinski definition) is 4. The summed E-state index contributed by atoms with van der Waals surface area (Å²) < 4.78 is 74.0. The number of benzene rings is 1. The lowest BCUT2D eigenvalue weighted by Gasteiger charge is -2.16. The van der Waals surface area contributed by atoms with Gasteiger partial charge in [-0.25, -0.2) is 21.9 Å². The first-order chi connectivity index (χ1) is 8.70. The topological polar surface area (TPSA) is 84.2 Å². The van der Waals surface area contributed by atoms with Crippen LogP contribution in [0, 0.1) is 0 Å². The minimum atomic E-state index is -4.45. The van der Waals surface area contributed by atoms with Crippen molar-refractivity contribution in [2.45, 2.75) is 17.2 Å². The highest BCUT2D eigenvalue weighted by Gasteiger charge is 2.41. The van der Waals surface area contributed by atoms with E-state index in [-0.39, 0.29) is 5.69 Å². The molecule has 0 radical (unpaired) electrons. The average molecular weight is 301 g/mol. The van der Waals surface area contributed by atoms with Gasteiger partial charge in [0.1, 0.15) is 4.90 Å². The highest BCUT2D eigenvalue weighted by atomic mass is 32.2. The second-order valence-electron chi connectivity index (χ2n) is 3.53. The van der Waals surface area contributed by atoms with E-state index < -0.39 is 33.8 Å². The van der Waals surface area contributed by atoms with E-state index in [0.29, 0.717) is 0 Å². The molecule has 0 aliphatic carbocycles. The molecule has 1 aromatic rings. The normalized spacial score (nSPS) is 12.7. The van der Waals surface area contributed by atoms with Gasteiger partial charge in [0.15, 0.2) is 0 Å². The Morgan fingerprint density at radius 1 is 1.26 bits per heavy atom. The predicted molar refractivity (Wildman–Crippen MR) is 60.4 cm³/mol. The molecule has 1 aromatic carbocycles. The zero-order valence-corrected chi connectivity index (χ0v) is 10.2. The third kappa shape index (κ3) is 3.78. The van der Waals surface area contributed by atoms with E-state index in [0.717, 1.165) is 6.07 Å². The fraction of sp³-hybridized carbons (Fsp3) is 0.333. The third-order valence-electron chi connectivity index (χ3n) is 2.15. The lowest BCUT2D eigenvalue weighted by Crippen LogP contribution is -2.41. The summed E-state index contributed by atoms with van der Waals surface area (Å²) in [6, 6.07) is 5.18. The fourth-order valence-electron chi connectivity index (χ4n) is 1.17. The summed E-state index contributed by atoms with van der Waals surface area (Å²) >= 11 is 0. The second kappa shape index (κ2) is 5.72. The number of anilines is 1. The summed E-state index contributed by atoms with van der Waals surface area (Å²) in [6.45, 7) is -1.70. The molecule has 0 amide bonds. The highest BCUT2D eigenvalue weighted by molar-refractivity contribution is 7.89. The van der Waals surface area contributed by atoms with Gasteiger partial charge in [-0.15, -0.1) is 0 Å². The van der Waals surface area contributed by atoms with Crippen LogP contribution in [0.1, 0.15) is 0 Å². The van der Waals surface area contributed by atoms with Crippen molar-refractivity contribution in [2.75, 3.05) is 12.0 Å². The number of nitrogens with two attached hydrogens (primary N) is 1. The molecule has 0 bridgehead atoms. The Morgan fingerprint density at radius 2 is 1.84 bits per heavy atom. The van der Waals surface area contributed by atoms with Gasteiger partial charge in [0, 0.05) is 0 Å². The predicted octanol–water partition coefficient (Wildman–Crippen LogP) is 1.15. The van der Waals surface area contributed by atoms with Crippen LogP contribution in [0.15, 0.2) is 29.2 Å². The van der Waals surface area contributed by atoms with E-state index >= 15 is 0 Å². The average Bonchev–Trinajstić information content (AvgIpc) is 2.36. The molecule has 10 heteroatoms. The van der Waals surface area contributed by atoms with Crippen LogP contribution < -0.4 is 16.0 Å². The molecule has 0 saturated carbocycles. The summed E-state index contributed by atoms with van der Waals surface area (Å²) in [7, 11) is -4.38. The van der Waals surface area contributed by atoms with E-state index in [1.807, 2.05) is 0 Å². The Labute approximate surface area is 106 Å². The first-order valence-electron chi connectivity index (χ1n) is 4.92. The van der Waals surface area contributed by atoms with Crippen molar-refractivity contribution in [1.82, 2.24) is 4.72 Å². The molecule has 1 rings (SSSR count). The smallest absolute Gasteiger partial charge is 0.320 e. The summed E-state index contributed by atoms with van der Waals surface area (Å²) in [6.07, 6.45) is -3.96. The van der Waals surface area contributed by atoms with Crippen molar-refractivity contribution in [1.29, 1.82) is 0 Å². The number of rotatable bonds is 6. The third-order valence-corrected chi connectivity index (χ3v) is 3.61. The van der Waals surface area contributed by atoms with Crippen LogP contribution in [0.4, 0.5) is 23.2 Å². The molecule has 0 fully saturated rings. The maximum Gasteiger partial charge on any atom is 0.320 e. The molecule has 0 aromatic heterocycles. The summed E-state index contributed by atoms with van der Waals surface area (Å²) in [5, 5.41) is 0. The van der Waals surface area contributed by atoms with Gasteiger partial charge in [-0.1, -0.05) is 12.1 Å². The molecule has 0 spiro atoms. The molecule has 0 atom stereocenters. The zero-order chi connectivity index (χ0) is 14.7. The van der Waals surface area contributed by atoms with Crippen molar-refractivity contribution in [3.05, 3.63) is 24.3 Å². The summed E-state index contributed by atoms with van der Waals surface area (Å²) in [5.74, 6) is 0.621. The Morgan fingerprint density at radius 3 is 2.37 bits per heavy atom. The van der Waals surface area contributed by atoms with Crippen molar-refractivity contribution in [2.24, 2.45) is 5.84 Å². The minimum Gasteiger partial charge on any atom is -0.323 e. The SMILES string of the molecule is NNc1ccccc1S(=O)(=O)NCC(F)(F)C(F)F. The molecular weight excluding hydrogens is 290 g/mol. The van der Waals surface area contributed by atoms with Gasteiger partial charge < -0.3 is 5.43 Å². The van der Waals surface area contributed by atoms with Crippen molar-refractivity contribution in [3.63, 3.8) is 0 Å². The van der Waals surface area contributed by atoms with Crippen molar-refractivity contribution >= 4 is 15.7 Å². The van der Waals surface area contributed by atoms with E-state index in [4.69, 9.17) is 5.84 Å². The van der Waals surface area contributed by atoms with Gasteiger partial charge in [-0.05, 0) is 12.1 Å². The minimum absolute atomic E-state index is 0.0460. The van der Waals surface area contributed by atoms with Crippen LogP contribution in [-0.4, -0.2) is 27.3 Å². The van der Waals surface area contributed by atoms with Gasteiger partial charge in [0.25, 0.3) is 0 Å². The van der Waals surface area contributed by atoms with Crippen LogP contribution >= 0.6 is 0 Å². The molecule has 0 unspecified atom stereocenters. The number of nitrogen functional groups attached to an aromatic ring is 1. The quantitative estimate of drug-likeness (QED) is 0.418. The van der Waals surface area contributed by atoms with Crippen LogP contribution in [0.2, 0.25) is 0 Å². The molecular formula is C9H11F4N3O2S. The van der Waals surface area contributed by atoms with E-state index in [9.17, 15) is 26.0 Å². The van der Waals surface area contributed by atoms with Crippen molar-refractivity contribution < 1.29 is 26.0 Å². The monoisotopic (exact) mass is 301 g/mol. The van der Waals surface area contributed by atoms with E-state index in [1.54, 1.807) is 0 Å². The van der Waals surface area contributed by atoms with Gasteiger partial charge >= 0.3 is 12.3 Å². The second-order valence-corrected chi connectivity index (χ2v) is 5.26. The van der Waals surface area contributed by atoms with E-state index in [2.05, 4.69) is 5.43 Å². The molecule has 0 aliphatic heterocycles. The Hall–Kier alpha value is -1.39. The highest BCUT2D eigenvalue weighted by Crippen LogP contribution is 2.24. The van der Waals surface area contributed by atoms with E-state index in [1.165, 1.54) is 22.9 Å². The number of hydrazine groups is 1. The number of sulfonamides is 1. The number of nitrogens with one attached hydrogen (secondary N) is 2. The maximum atomic E-state index is 12.7. The number of alkyl halides is 4. The molecule has 19 heavy (non-hydrogen) atoms. The van der Waals surface area contributed by atoms with Crippen LogP contribution in [-0.2, 0) is 10.0 Å². The Bertz CT molecular complexity index is 536. The Kier molecular flexibility index (Phi) is 4.71. The van der Waals surface area contributed by atoms with Gasteiger partial charge in [-0.2, -0.15) is 8.78 Å². The maximum absolute atomic E-state index is 12.7. The lowest BCUT2D eigenvalue weighted by atomic mass is 10.3. The number of hydrogen-bond donors (Lipinski definition) is 3. The fourth-order valence-corrected chi connectivity index (χ4v) is 2.38. The molecule has 0 aliphatic rings.